The number of benzene rings is 3. The molecule has 0 aliphatic carbocycles. The van der Waals surface area contributed by atoms with Crippen LogP contribution in [-0.2, 0) is 0 Å². The van der Waals surface area contributed by atoms with Crippen molar-refractivity contribution in [2.75, 3.05) is 0 Å². The number of nitrogens with zero attached hydrogens (tertiary/aromatic N) is 7. The first-order valence-corrected chi connectivity index (χ1v) is 11.7. The molecule has 8 nitrogen and oxygen atoms in total. The van der Waals surface area contributed by atoms with Crippen molar-refractivity contribution >= 4 is 22.6 Å². The highest BCUT2D eigenvalue weighted by molar-refractivity contribution is 6.30. The smallest absolute Gasteiger partial charge is 0.268 e. The molecule has 6 rings (SSSR count). The van der Waals surface area contributed by atoms with Crippen LogP contribution in [0.2, 0.25) is 5.02 Å². The number of halogens is 1. The van der Waals surface area contributed by atoms with Crippen molar-refractivity contribution in [3.05, 3.63) is 119 Å². The molecule has 37 heavy (non-hydrogen) atoms. The van der Waals surface area contributed by atoms with Crippen molar-refractivity contribution in [1.29, 1.82) is 5.26 Å². The van der Waals surface area contributed by atoms with E-state index in [2.05, 4.69) is 21.1 Å². The summed E-state index contributed by atoms with van der Waals surface area (Å²) in [5.74, 6) is 0.434. The van der Waals surface area contributed by atoms with Crippen molar-refractivity contribution in [1.82, 2.24) is 29.3 Å². The Labute approximate surface area is 215 Å². The standard InChI is InChI=1S/C28H16ClN7O/c29-20-10-12-21(13-11-20)35-26(19-8-6-18(7-9-19)25-24(16-30)31-14-15-32-25)34-27-23(28(35)37)17-33-36(27)22-4-2-1-3-5-22/h1-15,17H. The van der Waals surface area contributed by atoms with E-state index in [0.717, 1.165) is 11.3 Å². The van der Waals surface area contributed by atoms with E-state index in [1.165, 1.54) is 12.4 Å². The van der Waals surface area contributed by atoms with E-state index >= 15 is 0 Å². The molecule has 3 aromatic heterocycles. The first-order valence-electron chi connectivity index (χ1n) is 11.3. The Kier molecular flexibility index (Phi) is 5.52. The van der Waals surface area contributed by atoms with Gasteiger partial charge in [0.05, 0.1) is 17.6 Å². The lowest BCUT2D eigenvalue weighted by molar-refractivity contribution is 0.888. The van der Waals surface area contributed by atoms with Crippen LogP contribution in [-0.4, -0.2) is 29.3 Å². The summed E-state index contributed by atoms with van der Waals surface area (Å²) in [5.41, 5.74) is 3.75. The van der Waals surface area contributed by atoms with Crippen LogP contribution in [0, 0.1) is 11.3 Å². The number of nitriles is 1. The number of para-hydroxylation sites is 1. The highest BCUT2D eigenvalue weighted by Gasteiger charge is 2.19. The molecule has 0 aliphatic heterocycles. The largest absolute Gasteiger partial charge is 0.269 e. The van der Waals surface area contributed by atoms with E-state index in [4.69, 9.17) is 16.6 Å². The van der Waals surface area contributed by atoms with E-state index in [0.29, 0.717) is 38.8 Å². The van der Waals surface area contributed by atoms with Gasteiger partial charge in [0.1, 0.15) is 23.0 Å². The van der Waals surface area contributed by atoms with E-state index in [1.54, 1.807) is 39.7 Å². The molecule has 3 aromatic carbocycles. The predicted octanol–water partition coefficient (Wildman–Crippen LogP) is 5.22. The Balaban J connectivity index is 1.58. The van der Waals surface area contributed by atoms with Gasteiger partial charge in [-0.25, -0.2) is 14.6 Å². The molecule has 176 valence electrons. The second-order valence-electron chi connectivity index (χ2n) is 8.12. The summed E-state index contributed by atoms with van der Waals surface area (Å²) in [6, 6.07) is 25.9. The normalized spacial score (nSPS) is 10.9. The maximum Gasteiger partial charge on any atom is 0.269 e. The Hall–Kier alpha value is -5.13. The van der Waals surface area contributed by atoms with E-state index in [1.807, 2.05) is 54.6 Å². The maximum atomic E-state index is 13.8. The van der Waals surface area contributed by atoms with Crippen LogP contribution in [0.3, 0.4) is 0 Å². The maximum absolute atomic E-state index is 13.8. The lowest BCUT2D eigenvalue weighted by atomic mass is 10.1. The first kappa shape index (κ1) is 22.3. The molecule has 0 fully saturated rings. The molecule has 0 saturated carbocycles. The second-order valence-corrected chi connectivity index (χ2v) is 8.56. The molecule has 0 bridgehead atoms. The third-order valence-corrected chi connectivity index (χ3v) is 6.16. The second kappa shape index (κ2) is 9.15. The third-order valence-electron chi connectivity index (χ3n) is 5.91. The summed E-state index contributed by atoms with van der Waals surface area (Å²) in [5, 5.41) is 14.8. The quantitative estimate of drug-likeness (QED) is 0.328. The van der Waals surface area contributed by atoms with Gasteiger partial charge in [0.15, 0.2) is 11.3 Å². The van der Waals surface area contributed by atoms with Crippen molar-refractivity contribution in [2.45, 2.75) is 0 Å². The molecule has 0 saturated heterocycles. The zero-order valence-corrected chi connectivity index (χ0v) is 19.9. The molecule has 3 heterocycles. The third kappa shape index (κ3) is 3.93. The minimum absolute atomic E-state index is 0.236. The fourth-order valence-corrected chi connectivity index (χ4v) is 4.28. The number of rotatable bonds is 4. The van der Waals surface area contributed by atoms with Gasteiger partial charge >= 0.3 is 0 Å². The Morgan fingerprint density at radius 2 is 1.51 bits per heavy atom. The van der Waals surface area contributed by atoms with Gasteiger partial charge in [0, 0.05) is 28.5 Å². The minimum atomic E-state index is -0.255. The zero-order valence-electron chi connectivity index (χ0n) is 19.2. The van der Waals surface area contributed by atoms with Crippen molar-refractivity contribution in [2.24, 2.45) is 0 Å². The molecule has 9 heteroatoms. The average molecular weight is 502 g/mol. The molecule has 6 aromatic rings. The molecule has 0 atom stereocenters. The molecule has 0 amide bonds. The summed E-state index contributed by atoms with van der Waals surface area (Å²) >= 11 is 6.11. The SMILES string of the molecule is N#Cc1nccnc1-c1ccc(-c2nc3c(cnn3-c3ccccc3)c(=O)n2-c2ccc(Cl)cc2)cc1. The van der Waals surface area contributed by atoms with Crippen LogP contribution < -0.4 is 5.56 Å². The lowest BCUT2D eigenvalue weighted by Crippen LogP contribution is -2.22. The molecular weight excluding hydrogens is 486 g/mol. The van der Waals surface area contributed by atoms with E-state index < -0.39 is 0 Å². The summed E-state index contributed by atoms with van der Waals surface area (Å²) in [6.45, 7) is 0. The van der Waals surface area contributed by atoms with Gasteiger partial charge < -0.3 is 0 Å². The summed E-state index contributed by atoms with van der Waals surface area (Å²) < 4.78 is 3.20. The molecule has 0 N–H and O–H groups in total. The molecule has 0 aliphatic rings. The van der Waals surface area contributed by atoms with Crippen LogP contribution >= 0.6 is 11.6 Å². The summed E-state index contributed by atoms with van der Waals surface area (Å²) in [7, 11) is 0. The number of hydrogen-bond donors (Lipinski definition) is 0. The van der Waals surface area contributed by atoms with Crippen LogP contribution in [0.25, 0.3) is 45.1 Å². The van der Waals surface area contributed by atoms with E-state index in [-0.39, 0.29) is 11.3 Å². The van der Waals surface area contributed by atoms with Crippen molar-refractivity contribution < 1.29 is 0 Å². The van der Waals surface area contributed by atoms with Crippen LogP contribution in [0.5, 0.6) is 0 Å². The van der Waals surface area contributed by atoms with Crippen molar-refractivity contribution in [3.63, 3.8) is 0 Å². The molecule has 0 radical (unpaired) electrons. The topological polar surface area (TPSA) is 102 Å². The highest BCUT2D eigenvalue weighted by atomic mass is 35.5. The summed E-state index contributed by atoms with van der Waals surface area (Å²) in [4.78, 5) is 27.1. The van der Waals surface area contributed by atoms with Gasteiger partial charge in [-0.2, -0.15) is 10.4 Å². The highest BCUT2D eigenvalue weighted by Crippen LogP contribution is 2.27. The van der Waals surface area contributed by atoms with Gasteiger partial charge in [-0.15, -0.1) is 0 Å². The van der Waals surface area contributed by atoms with Gasteiger partial charge in [0.25, 0.3) is 5.56 Å². The summed E-state index contributed by atoms with van der Waals surface area (Å²) in [6.07, 6.45) is 4.56. The zero-order chi connectivity index (χ0) is 25.4. The van der Waals surface area contributed by atoms with Gasteiger partial charge in [-0.1, -0.05) is 54.1 Å². The Bertz CT molecular complexity index is 1850. The van der Waals surface area contributed by atoms with Gasteiger partial charge in [-0.05, 0) is 36.4 Å². The first-order chi connectivity index (χ1) is 18.1. The predicted molar refractivity (Wildman–Crippen MR) is 141 cm³/mol. The minimum Gasteiger partial charge on any atom is -0.268 e. The Morgan fingerprint density at radius 3 is 2.24 bits per heavy atom. The van der Waals surface area contributed by atoms with Gasteiger partial charge in [0.2, 0.25) is 0 Å². The van der Waals surface area contributed by atoms with Crippen molar-refractivity contribution in [3.8, 4) is 40.1 Å². The van der Waals surface area contributed by atoms with Crippen LogP contribution in [0.4, 0.5) is 0 Å². The fourth-order valence-electron chi connectivity index (χ4n) is 4.16. The molecule has 0 unspecified atom stereocenters. The van der Waals surface area contributed by atoms with E-state index in [9.17, 15) is 10.1 Å². The monoisotopic (exact) mass is 501 g/mol. The fraction of sp³-hybridized carbons (Fsp3) is 0. The molecular formula is C28H16ClN7O. The lowest BCUT2D eigenvalue weighted by Gasteiger charge is -2.14. The Morgan fingerprint density at radius 1 is 0.811 bits per heavy atom. The van der Waals surface area contributed by atoms with Gasteiger partial charge in [-0.3, -0.25) is 14.3 Å². The number of aromatic nitrogens is 6. The average Bonchev–Trinajstić information content (AvgIpc) is 3.39. The van der Waals surface area contributed by atoms with Crippen LogP contribution in [0.1, 0.15) is 5.69 Å². The molecule has 0 spiro atoms. The number of hydrogen-bond acceptors (Lipinski definition) is 6. The number of fused-ring (bicyclic) bond motifs is 1. The van der Waals surface area contributed by atoms with Crippen LogP contribution in [0.15, 0.2) is 102 Å².